The zero-order valence-corrected chi connectivity index (χ0v) is 12.2. The first-order chi connectivity index (χ1) is 10.0. The summed E-state index contributed by atoms with van der Waals surface area (Å²) >= 11 is 0. The van der Waals surface area contributed by atoms with E-state index in [0.29, 0.717) is 31.7 Å². The fourth-order valence-corrected chi connectivity index (χ4v) is 2.44. The van der Waals surface area contributed by atoms with Crippen LogP contribution in [0.4, 0.5) is 4.39 Å². The van der Waals surface area contributed by atoms with Gasteiger partial charge >= 0.3 is 5.97 Å². The molecule has 1 atom stereocenters. The Balaban J connectivity index is 1.95. The van der Waals surface area contributed by atoms with Gasteiger partial charge in [-0.3, -0.25) is 14.5 Å². The van der Waals surface area contributed by atoms with Gasteiger partial charge in [-0.15, -0.1) is 0 Å². The summed E-state index contributed by atoms with van der Waals surface area (Å²) in [5.74, 6) is -0.876. The Hall–Kier alpha value is -1.95. The summed E-state index contributed by atoms with van der Waals surface area (Å²) in [5, 5.41) is 0. The van der Waals surface area contributed by atoms with E-state index in [1.54, 1.807) is 17.9 Å². The monoisotopic (exact) mass is 294 g/mol. The Morgan fingerprint density at radius 3 is 2.48 bits per heavy atom. The quantitative estimate of drug-likeness (QED) is 0.785. The number of hydrogen-bond donors (Lipinski definition) is 0. The van der Waals surface area contributed by atoms with E-state index in [1.165, 1.54) is 25.3 Å². The number of rotatable bonds is 3. The minimum atomic E-state index is -0.418. The lowest BCUT2D eigenvalue weighted by atomic mass is 10.1. The van der Waals surface area contributed by atoms with Crippen LogP contribution in [0.25, 0.3) is 0 Å². The molecular formula is C15H19FN2O3. The van der Waals surface area contributed by atoms with Gasteiger partial charge in [-0.1, -0.05) is 6.07 Å². The molecule has 1 unspecified atom stereocenters. The molecule has 0 N–H and O–H groups in total. The molecule has 1 saturated heterocycles. The number of amides is 1. The first kappa shape index (κ1) is 15.4. The number of carbonyl (C=O) groups excluding carboxylic acids is 2. The van der Waals surface area contributed by atoms with E-state index in [1.807, 2.05) is 4.90 Å². The number of piperazine rings is 1. The van der Waals surface area contributed by atoms with Crippen molar-refractivity contribution in [2.24, 2.45) is 0 Å². The molecule has 2 rings (SSSR count). The topological polar surface area (TPSA) is 49.9 Å². The van der Waals surface area contributed by atoms with Crippen molar-refractivity contribution in [3.05, 3.63) is 35.6 Å². The molecular weight excluding hydrogens is 275 g/mol. The van der Waals surface area contributed by atoms with E-state index < -0.39 is 5.82 Å². The third kappa shape index (κ3) is 3.58. The molecule has 0 bridgehead atoms. The maximum Gasteiger partial charge on any atom is 0.322 e. The van der Waals surface area contributed by atoms with Gasteiger partial charge in [0.05, 0.1) is 7.11 Å². The molecule has 0 saturated carbocycles. The van der Waals surface area contributed by atoms with Crippen LogP contribution in [0.1, 0.15) is 17.3 Å². The zero-order valence-electron chi connectivity index (χ0n) is 12.2. The summed E-state index contributed by atoms with van der Waals surface area (Å²) in [6, 6.07) is 5.37. The summed E-state index contributed by atoms with van der Waals surface area (Å²) in [7, 11) is 1.36. The second-order valence-corrected chi connectivity index (χ2v) is 5.04. The highest BCUT2D eigenvalue weighted by Crippen LogP contribution is 2.12. The average Bonchev–Trinajstić information content (AvgIpc) is 2.53. The molecule has 1 heterocycles. The summed E-state index contributed by atoms with van der Waals surface area (Å²) in [6.45, 7) is 4.00. The molecule has 1 aromatic rings. The highest BCUT2D eigenvalue weighted by Gasteiger charge is 2.28. The van der Waals surface area contributed by atoms with Crippen molar-refractivity contribution in [2.45, 2.75) is 13.0 Å². The van der Waals surface area contributed by atoms with Crippen molar-refractivity contribution in [1.82, 2.24) is 9.80 Å². The smallest absolute Gasteiger partial charge is 0.322 e. The van der Waals surface area contributed by atoms with Crippen LogP contribution >= 0.6 is 0 Å². The number of hydrogen-bond acceptors (Lipinski definition) is 4. The molecule has 0 spiro atoms. The van der Waals surface area contributed by atoms with Gasteiger partial charge in [-0.25, -0.2) is 4.39 Å². The lowest BCUT2D eigenvalue weighted by Gasteiger charge is -2.37. The molecule has 114 valence electrons. The summed E-state index contributed by atoms with van der Waals surface area (Å²) < 4.78 is 17.9. The number of benzene rings is 1. The Labute approximate surface area is 123 Å². The molecule has 1 aliphatic rings. The molecule has 1 aliphatic heterocycles. The van der Waals surface area contributed by atoms with Crippen molar-refractivity contribution in [1.29, 1.82) is 0 Å². The van der Waals surface area contributed by atoms with Gasteiger partial charge in [0.25, 0.3) is 5.91 Å². The number of halogens is 1. The minimum Gasteiger partial charge on any atom is -0.468 e. The van der Waals surface area contributed by atoms with Crippen LogP contribution in [0.3, 0.4) is 0 Å². The number of ether oxygens (including phenoxy) is 1. The molecule has 5 nitrogen and oxygen atoms in total. The van der Waals surface area contributed by atoms with Gasteiger partial charge < -0.3 is 9.64 Å². The third-order valence-corrected chi connectivity index (χ3v) is 3.76. The standard InChI is InChI=1S/C15H19FN2O3/c1-11(15(20)21-2)17-6-8-18(9-7-17)14(19)12-4-3-5-13(16)10-12/h3-5,10-11H,6-9H2,1-2H3. The third-order valence-electron chi connectivity index (χ3n) is 3.76. The highest BCUT2D eigenvalue weighted by molar-refractivity contribution is 5.94. The summed E-state index contributed by atoms with van der Waals surface area (Å²) in [4.78, 5) is 27.4. The second kappa shape index (κ2) is 6.67. The van der Waals surface area contributed by atoms with E-state index in [-0.39, 0.29) is 17.9 Å². The largest absolute Gasteiger partial charge is 0.468 e. The van der Waals surface area contributed by atoms with E-state index in [2.05, 4.69) is 0 Å². The Morgan fingerprint density at radius 2 is 1.90 bits per heavy atom. The fourth-order valence-electron chi connectivity index (χ4n) is 2.44. The predicted octanol–water partition coefficient (Wildman–Crippen LogP) is 1.14. The SMILES string of the molecule is COC(=O)C(C)N1CCN(C(=O)c2cccc(F)c2)CC1. The van der Waals surface area contributed by atoms with E-state index in [0.717, 1.165) is 0 Å². The molecule has 1 amide bonds. The van der Waals surface area contributed by atoms with Crippen molar-refractivity contribution >= 4 is 11.9 Å². The van der Waals surface area contributed by atoms with Crippen LogP contribution in [-0.4, -0.2) is 61.0 Å². The van der Waals surface area contributed by atoms with Gasteiger partial charge in [0.2, 0.25) is 0 Å². The molecule has 0 aliphatic carbocycles. The van der Waals surface area contributed by atoms with Crippen molar-refractivity contribution in [2.75, 3.05) is 33.3 Å². The molecule has 1 fully saturated rings. The van der Waals surface area contributed by atoms with Gasteiger partial charge in [-0.2, -0.15) is 0 Å². The van der Waals surface area contributed by atoms with Crippen molar-refractivity contribution in [3.8, 4) is 0 Å². The molecule has 0 aromatic heterocycles. The van der Waals surface area contributed by atoms with Crippen LogP contribution in [0.5, 0.6) is 0 Å². The summed E-state index contributed by atoms with van der Waals surface area (Å²) in [5.41, 5.74) is 0.351. The van der Waals surface area contributed by atoms with Crippen LogP contribution in [0, 0.1) is 5.82 Å². The van der Waals surface area contributed by atoms with Crippen LogP contribution in [0.2, 0.25) is 0 Å². The molecule has 1 aromatic carbocycles. The first-order valence-corrected chi connectivity index (χ1v) is 6.89. The van der Waals surface area contributed by atoms with Crippen LogP contribution < -0.4 is 0 Å². The van der Waals surface area contributed by atoms with Gasteiger partial charge in [-0.05, 0) is 25.1 Å². The van der Waals surface area contributed by atoms with E-state index >= 15 is 0 Å². The molecule has 6 heteroatoms. The Morgan fingerprint density at radius 1 is 1.24 bits per heavy atom. The van der Waals surface area contributed by atoms with Crippen LogP contribution in [0.15, 0.2) is 24.3 Å². The normalized spacial score (nSPS) is 17.4. The lowest BCUT2D eigenvalue weighted by Crippen LogP contribution is -2.53. The lowest BCUT2D eigenvalue weighted by molar-refractivity contribution is -0.146. The van der Waals surface area contributed by atoms with Gasteiger partial charge in [0.15, 0.2) is 0 Å². The number of nitrogens with zero attached hydrogens (tertiary/aromatic N) is 2. The number of methoxy groups -OCH3 is 1. The average molecular weight is 294 g/mol. The summed E-state index contributed by atoms with van der Waals surface area (Å²) in [6.07, 6.45) is 0. The maximum absolute atomic E-state index is 13.2. The number of esters is 1. The highest BCUT2D eigenvalue weighted by atomic mass is 19.1. The Kier molecular flexibility index (Phi) is 4.90. The zero-order chi connectivity index (χ0) is 15.4. The number of carbonyl (C=O) groups is 2. The minimum absolute atomic E-state index is 0.181. The molecule has 0 radical (unpaired) electrons. The predicted molar refractivity (Wildman–Crippen MR) is 75.4 cm³/mol. The second-order valence-electron chi connectivity index (χ2n) is 5.04. The van der Waals surface area contributed by atoms with Crippen molar-refractivity contribution in [3.63, 3.8) is 0 Å². The van der Waals surface area contributed by atoms with E-state index in [9.17, 15) is 14.0 Å². The van der Waals surface area contributed by atoms with Crippen molar-refractivity contribution < 1.29 is 18.7 Å². The van der Waals surface area contributed by atoms with Gasteiger partial charge in [0, 0.05) is 31.7 Å². The fraction of sp³-hybridized carbons (Fsp3) is 0.467. The van der Waals surface area contributed by atoms with E-state index in [4.69, 9.17) is 4.74 Å². The molecule has 21 heavy (non-hydrogen) atoms. The Bertz CT molecular complexity index is 527. The van der Waals surface area contributed by atoms with Crippen LogP contribution in [-0.2, 0) is 9.53 Å². The first-order valence-electron chi connectivity index (χ1n) is 6.89. The van der Waals surface area contributed by atoms with Gasteiger partial charge in [0.1, 0.15) is 11.9 Å². The maximum atomic E-state index is 13.2.